The van der Waals surface area contributed by atoms with E-state index in [1.807, 2.05) is 0 Å². The zero-order chi connectivity index (χ0) is 27.6. The van der Waals surface area contributed by atoms with E-state index >= 15 is 0 Å². The van der Waals surface area contributed by atoms with Crippen LogP contribution in [-0.4, -0.2) is 53.5 Å². The summed E-state index contributed by atoms with van der Waals surface area (Å²) in [7, 11) is -2.59. The standard InChI is InChI=1S/C20H19ClF3N3O8S/c1-5-8-25(3)36(32,33)35-17(29)11(2)34-18(30)13-9-12(6-7-14(13)21)27-16(28)10-15(20(22,23)24)26(4)19(27)31/h5-7,9-11H,1,8H2,2-4H3/t11-/m0/s1. The van der Waals surface area contributed by atoms with Crippen LogP contribution in [0.25, 0.3) is 5.69 Å². The van der Waals surface area contributed by atoms with Gasteiger partial charge in [-0.1, -0.05) is 17.7 Å². The van der Waals surface area contributed by atoms with Gasteiger partial charge in [-0.2, -0.15) is 25.9 Å². The number of carbonyl (C=O) groups excluding carboxylic acids is 2. The molecule has 1 aromatic heterocycles. The Balaban J connectivity index is 2.37. The molecule has 0 radical (unpaired) electrons. The van der Waals surface area contributed by atoms with Crippen LogP contribution in [-0.2, 0) is 37.2 Å². The molecular formula is C20H19ClF3N3O8S. The smallest absolute Gasteiger partial charge is 0.431 e. The fraction of sp³-hybridized carbons (Fsp3) is 0.300. The van der Waals surface area contributed by atoms with Crippen LogP contribution in [0.1, 0.15) is 23.0 Å². The summed E-state index contributed by atoms with van der Waals surface area (Å²) < 4.78 is 73.6. The van der Waals surface area contributed by atoms with Gasteiger partial charge < -0.3 is 8.92 Å². The molecule has 1 heterocycles. The summed E-state index contributed by atoms with van der Waals surface area (Å²) >= 11 is 5.97. The molecule has 0 aliphatic carbocycles. The lowest BCUT2D eigenvalue weighted by atomic mass is 10.2. The number of likely N-dealkylation sites (N-methyl/N-ethyl adjacent to an activating group) is 1. The van der Waals surface area contributed by atoms with Gasteiger partial charge in [0.2, 0.25) is 0 Å². The highest BCUT2D eigenvalue weighted by molar-refractivity contribution is 7.84. The second-order valence-electron chi connectivity index (χ2n) is 7.18. The first-order valence-corrected chi connectivity index (χ1v) is 11.5. The normalized spacial score (nSPS) is 12.8. The van der Waals surface area contributed by atoms with Crippen molar-refractivity contribution in [2.75, 3.05) is 13.6 Å². The molecular weight excluding hydrogens is 535 g/mol. The second-order valence-corrected chi connectivity index (χ2v) is 9.24. The number of carbonyl (C=O) groups is 2. The minimum Gasteiger partial charge on any atom is -0.447 e. The molecule has 0 aliphatic heterocycles. The predicted octanol–water partition coefficient (Wildman–Crippen LogP) is 1.66. The number of benzene rings is 1. The van der Waals surface area contributed by atoms with Crippen molar-refractivity contribution in [3.05, 3.63) is 74.0 Å². The van der Waals surface area contributed by atoms with E-state index in [-0.39, 0.29) is 27.9 Å². The maximum Gasteiger partial charge on any atom is 0.431 e. The molecule has 2 rings (SSSR count). The van der Waals surface area contributed by atoms with E-state index in [1.165, 1.54) is 6.08 Å². The molecule has 0 spiro atoms. The molecule has 11 nitrogen and oxygen atoms in total. The molecule has 1 atom stereocenters. The van der Waals surface area contributed by atoms with Crippen LogP contribution in [0, 0.1) is 0 Å². The van der Waals surface area contributed by atoms with Gasteiger partial charge in [0.15, 0.2) is 6.10 Å². The molecule has 16 heteroatoms. The number of nitrogens with zero attached hydrogens (tertiary/aromatic N) is 3. The first kappa shape index (κ1) is 28.8. The average molecular weight is 554 g/mol. The Labute approximate surface area is 207 Å². The average Bonchev–Trinajstić information content (AvgIpc) is 2.76. The summed E-state index contributed by atoms with van der Waals surface area (Å²) in [5.41, 5.74) is -4.98. The lowest BCUT2D eigenvalue weighted by molar-refractivity contribution is -0.144. The van der Waals surface area contributed by atoms with Crippen molar-refractivity contribution in [1.29, 1.82) is 0 Å². The van der Waals surface area contributed by atoms with E-state index in [4.69, 9.17) is 16.3 Å². The van der Waals surface area contributed by atoms with Gasteiger partial charge in [-0.3, -0.25) is 9.36 Å². The fourth-order valence-electron chi connectivity index (χ4n) is 2.72. The van der Waals surface area contributed by atoms with Crippen molar-refractivity contribution in [1.82, 2.24) is 13.4 Å². The summed E-state index contributed by atoms with van der Waals surface area (Å²) in [6.45, 7) is 4.19. The quantitative estimate of drug-likeness (QED) is 0.356. The SMILES string of the molecule is C=CCN(C)S(=O)(=O)OC(=O)[C@H](C)OC(=O)c1cc(-n2c(=O)cc(C(F)(F)F)n(C)c2=O)ccc1Cl. The van der Waals surface area contributed by atoms with Crippen LogP contribution in [0.2, 0.25) is 5.02 Å². The lowest BCUT2D eigenvalue weighted by Crippen LogP contribution is -2.40. The van der Waals surface area contributed by atoms with Crippen LogP contribution < -0.4 is 11.2 Å². The first-order chi connectivity index (χ1) is 16.5. The minimum absolute atomic E-state index is 0.172. The zero-order valence-corrected chi connectivity index (χ0v) is 20.5. The Morgan fingerprint density at radius 2 is 1.86 bits per heavy atom. The molecule has 0 bridgehead atoms. The molecule has 0 aliphatic rings. The summed E-state index contributed by atoms with van der Waals surface area (Å²) in [4.78, 5) is 49.5. The minimum atomic E-state index is -4.97. The molecule has 196 valence electrons. The van der Waals surface area contributed by atoms with E-state index in [9.17, 15) is 40.8 Å². The molecule has 0 N–H and O–H groups in total. The monoisotopic (exact) mass is 553 g/mol. The van der Waals surface area contributed by atoms with E-state index in [1.54, 1.807) is 0 Å². The van der Waals surface area contributed by atoms with Gasteiger partial charge in [-0.25, -0.2) is 19.0 Å². The lowest BCUT2D eigenvalue weighted by Gasteiger charge is -2.17. The highest BCUT2D eigenvalue weighted by atomic mass is 35.5. The largest absolute Gasteiger partial charge is 0.447 e. The van der Waals surface area contributed by atoms with Crippen molar-refractivity contribution < 1.29 is 40.1 Å². The molecule has 1 aromatic carbocycles. The number of halogens is 4. The third kappa shape index (κ3) is 6.22. The first-order valence-electron chi connectivity index (χ1n) is 9.73. The van der Waals surface area contributed by atoms with Crippen molar-refractivity contribution >= 4 is 33.8 Å². The van der Waals surface area contributed by atoms with Crippen molar-refractivity contribution in [2.24, 2.45) is 7.05 Å². The molecule has 2 aromatic rings. The topological polar surface area (TPSA) is 134 Å². The number of esters is 1. The third-order valence-corrected chi connectivity index (χ3v) is 6.23. The predicted molar refractivity (Wildman–Crippen MR) is 120 cm³/mol. The number of alkyl halides is 3. The van der Waals surface area contributed by atoms with Crippen LogP contribution in [0.15, 0.2) is 46.5 Å². The van der Waals surface area contributed by atoms with E-state index in [0.717, 1.165) is 39.2 Å². The summed E-state index contributed by atoms with van der Waals surface area (Å²) in [5.74, 6) is -2.72. The van der Waals surface area contributed by atoms with Crippen molar-refractivity contribution in [3.63, 3.8) is 0 Å². The van der Waals surface area contributed by atoms with Gasteiger partial charge in [-0.15, -0.1) is 6.58 Å². The molecule has 0 unspecified atom stereocenters. The van der Waals surface area contributed by atoms with Gasteiger partial charge in [0.05, 0.1) is 16.3 Å². The zero-order valence-electron chi connectivity index (χ0n) is 18.9. The Morgan fingerprint density at radius 3 is 2.42 bits per heavy atom. The maximum absolute atomic E-state index is 13.1. The van der Waals surface area contributed by atoms with E-state index in [2.05, 4.69) is 10.8 Å². The van der Waals surface area contributed by atoms with Gasteiger partial charge in [-0.05, 0) is 25.1 Å². The number of rotatable bonds is 8. The molecule has 0 saturated heterocycles. The van der Waals surface area contributed by atoms with Gasteiger partial charge in [0.25, 0.3) is 5.56 Å². The van der Waals surface area contributed by atoms with Gasteiger partial charge in [0.1, 0.15) is 5.69 Å². The summed E-state index contributed by atoms with van der Waals surface area (Å²) in [6.07, 6.45) is -5.48. The van der Waals surface area contributed by atoms with Crippen molar-refractivity contribution in [3.8, 4) is 5.69 Å². The van der Waals surface area contributed by atoms with Crippen LogP contribution >= 0.6 is 11.6 Å². The fourth-order valence-corrected chi connectivity index (χ4v) is 3.68. The van der Waals surface area contributed by atoms with E-state index in [0.29, 0.717) is 8.87 Å². The number of ether oxygens (including phenoxy) is 1. The number of hydrogen-bond acceptors (Lipinski definition) is 8. The Morgan fingerprint density at radius 1 is 1.25 bits per heavy atom. The van der Waals surface area contributed by atoms with Crippen LogP contribution in [0.3, 0.4) is 0 Å². The van der Waals surface area contributed by atoms with Gasteiger partial charge in [0, 0.05) is 26.7 Å². The van der Waals surface area contributed by atoms with Crippen LogP contribution in [0.4, 0.5) is 13.2 Å². The van der Waals surface area contributed by atoms with Crippen LogP contribution in [0.5, 0.6) is 0 Å². The second kappa shape index (κ2) is 10.7. The Kier molecular flexibility index (Phi) is 8.54. The van der Waals surface area contributed by atoms with Gasteiger partial charge >= 0.3 is 34.1 Å². The highest BCUT2D eigenvalue weighted by Gasteiger charge is 2.35. The third-order valence-electron chi connectivity index (χ3n) is 4.61. The Bertz CT molecular complexity index is 1430. The summed E-state index contributed by atoms with van der Waals surface area (Å²) in [5, 5.41) is -0.264. The number of aromatic nitrogens is 2. The Hall–Kier alpha value is -3.43. The van der Waals surface area contributed by atoms with E-state index < -0.39 is 57.0 Å². The molecule has 0 saturated carbocycles. The maximum atomic E-state index is 13.1. The molecule has 0 fully saturated rings. The highest BCUT2D eigenvalue weighted by Crippen LogP contribution is 2.27. The summed E-state index contributed by atoms with van der Waals surface area (Å²) in [6, 6.07) is 3.24. The molecule has 36 heavy (non-hydrogen) atoms. The number of hydrogen-bond donors (Lipinski definition) is 0. The molecule has 0 amide bonds. The van der Waals surface area contributed by atoms with Crippen molar-refractivity contribution in [2.45, 2.75) is 19.2 Å².